The fourth-order valence-corrected chi connectivity index (χ4v) is 4.18. The first-order valence-electron chi connectivity index (χ1n) is 5.90. The predicted molar refractivity (Wildman–Crippen MR) is 76.3 cm³/mol. The Morgan fingerprint density at radius 1 is 1.22 bits per heavy atom. The first-order chi connectivity index (χ1) is 8.66. The van der Waals surface area contributed by atoms with E-state index in [-0.39, 0.29) is 4.74 Å². The van der Waals surface area contributed by atoms with Crippen LogP contribution in [0.4, 0.5) is 5.13 Å². The van der Waals surface area contributed by atoms with Crippen LogP contribution in [-0.4, -0.2) is 31.3 Å². The maximum Gasteiger partial charge on any atom is 0.246 e. The molecule has 1 saturated heterocycles. The number of ether oxygens (including phenoxy) is 1. The average molecular weight is 282 g/mol. The van der Waals surface area contributed by atoms with Gasteiger partial charge in [-0.2, -0.15) is 0 Å². The summed E-state index contributed by atoms with van der Waals surface area (Å²) in [6, 6.07) is 0. The Morgan fingerprint density at radius 2 is 1.94 bits per heavy atom. The number of anilines is 1. The molecule has 0 unspecified atom stereocenters. The van der Waals surface area contributed by atoms with Crippen molar-refractivity contribution in [2.75, 3.05) is 31.2 Å². The Labute approximate surface area is 113 Å². The second-order valence-corrected chi connectivity index (χ2v) is 6.49. The normalized spacial score (nSPS) is 16.4. The molecule has 6 heteroatoms. The molecule has 0 spiro atoms. The van der Waals surface area contributed by atoms with Gasteiger partial charge >= 0.3 is 0 Å². The van der Waals surface area contributed by atoms with Gasteiger partial charge < -0.3 is 9.64 Å². The molecule has 4 nitrogen and oxygen atoms in total. The summed E-state index contributed by atoms with van der Waals surface area (Å²) in [4.78, 5) is 21.0. The molecular formula is C12H14N2O2S2. The third-order valence-corrected chi connectivity index (χ3v) is 5.26. The highest BCUT2D eigenvalue weighted by molar-refractivity contribution is 7.20. The van der Waals surface area contributed by atoms with Crippen molar-refractivity contribution in [3.8, 4) is 0 Å². The van der Waals surface area contributed by atoms with E-state index in [2.05, 4.69) is 9.88 Å². The van der Waals surface area contributed by atoms with Crippen LogP contribution in [0.25, 0.3) is 10.2 Å². The SMILES string of the molecule is Cc1sc2nc(N3CCOCC3)sc(=O)c2c1C. The molecule has 0 N–H and O–H groups in total. The zero-order chi connectivity index (χ0) is 12.7. The van der Waals surface area contributed by atoms with Crippen LogP contribution < -0.4 is 9.64 Å². The molecule has 18 heavy (non-hydrogen) atoms. The topological polar surface area (TPSA) is 42.4 Å². The van der Waals surface area contributed by atoms with E-state index in [1.807, 2.05) is 13.8 Å². The predicted octanol–water partition coefficient (Wildman–Crippen LogP) is 2.17. The monoisotopic (exact) mass is 282 g/mol. The van der Waals surface area contributed by atoms with Gasteiger partial charge in [0.1, 0.15) is 4.83 Å². The number of hydrogen-bond acceptors (Lipinski definition) is 6. The van der Waals surface area contributed by atoms with Gasteiger partial charge in [-0.15, -0.1) is 11.3 Å². The number of aromatic nitrogens is 1. The summed E-state index contributed by atoms with van der Waals surface area (Å²) >= 11 is 2.86. The molecule has 3 rings (SSSR count). The fraction of sp³-hybridized carbons (Fsp3) is 0.500. The zero-order valence-corrected chi connectivity index (χ0v) is 12.0. The van der Waals surface area contributed by atoms with E-state index < -0.39 is 0 Å². The lowest BCUT2D eigenvalue weighted by molar-refractivity contribution is 0.122. The van der Waals surface area contributed by atoms with Gasteiger partial charge in [0, 0.05) is 18.0 Å². The zero-order valence-electron chi connectivity index (χ0n) is 10.4. The van der Waals surface area contributed by atoms with Gasteiger partial charge in [0.25, 0.3) is 0 Å². The van der Waals surface area contributed by atoms with Crippen molar-refractivity contribution in [3.05, 3.63) is 20.0 Å². The van der Waals surface area contributed by atoms with Crippen molar-refractivity contribution in [1.29, 1.82) is 0 Å². The van der Waals surface area contributed by atoms with Gasteiger partial charge in [-0.25, -0.2) is 4.98 Å². The van der Waals surface area contributed by atoms with Crippen molar-refractivity contribution in [3.63, 3.8) is 0 Å². The molecule has 0 bridgehead atoms. The minimum absolute atomic E-state index is 0.128. The van der Waals surface area contributed by atoms with Gasteiger partial charge in [-0.05, 0) is 19.4 Å². The number of nitrogens with zero attached hydrogens (tertiary/aromatic N) is 2. The molecule has 0 aromatic carbocycles. The van der Waals surface area contributed by atoms with E-state index in [1.165, 1.54) is 16.2 Å². The highest BCUT2D eigenvalue weighted by Gasteiger charge is 2.17. The van der Waals surface area contributed by atoms with Gasteiger partial charge in [0.05, 0.1) is 18.6 Å². The highest BCUT2D eigenvalue weighted by Crippen LogP contribution is 2.29. The van der Waals surface area contributed by atoms with Crippen LogP contribution in [0.2, 0.25) is 0 Å². The number of fused-ring (bicyclic) bond motifs is 1. The van der Waals surface area contributed by atoms with Crippen LogP contribution in [0.1, 0.15) is 10.4 Å². The smallest absolute Gasteiger partial charge is 0.246 e. The van der Waals surface area contributed by atoms with Crippen LogP contribution in [0, 0.1) is 13.8 Å². The lowest BCUT2D eigenvalue weighted by atomic mass is 10.2. The third kappa shape index (κ3) is 1.94. The van der Waals surface area contributed by atoms with Gasteiger partial charge in [-0.3, -0.25) is 4.79 Å². The molecule has 0 aliphatic carbocycles. The van der Waals surface area contributed by atoms with E-state index in [1.54, 1.807) is 11.3 Å². The van der Waals surface area contributed by atoms with E-state index in [0.29, 0.717) is 13.2 Å². The standard InChI is InChI=1S/C12H14N2O2S2/c1-7-8(2)17-10-9(7)11(15)18-12(13-10)14-3-5-16-6-4-14/h3-6H2,1-2H3. The molecule has 3 heterocycles. The Hall–Kier alpha value is -0.980. The number of rotatable bonds is 1. The van der Waals surface area contributed by atoms with Crippen molar-refractivity contribution >= 4 is 38.0 Å². The Kier molecular flexibility index (Phi) is 3.09. The first kappa shape index (κ1) is 12.1. The molecule has 0 saturated carbocycles. The summed E-state index contributed by atoms with van der Waals surface area (Å²) < 4.78 is 5.45. The minimum Gasteiger partial charge on any atom is -0.378 e. The molecule has 2 aromatic heterocycles. The number of morpholine rings is 1. The van der Waals surface area contributed by atoms with E-state index >= 15 is 0 Å². The highest BCUT2D eigenvalue weighted by atomic mass is 32.1. The van der Waals surface area contributed by atoms with E-state index in [4.69, 9.17) is 4.74 Å². The summed E-state index contributed by atoms with van der Waals surface area (Å²) in [7, 11) is 0. The number of aryl methyl sites for hydroxylation is 2. The molecule has 96 valence electrons. The molecule has 0 radical (unpaired) electrons. The third-order valence-electron chi connectivity index (χ3n) is 3.23. The van der Waals surface area contributed by atoms with Crippen LogP contribution >= 0.6 is 22.7 Å². The van der Waals surface area contributed by atoms with Gasteiger partial charge in [0.2, 0.25) is 4.74 Å². The summed E-state index contributed by atoms with van der Waals surface area (Å²) in [5, 5.41) is 1.64. The van der Waals surface area contributed by atoms with Gasteiger partial charge in [0.15, 0.2) is 5.13 Å². The first-order valence-corrected chi connectivity index (χ1v) is 7.53. The summed E-state index contributed by atoms with van der Waals surface area (Å²) in [5.41, 5.74) is 1.08. The Bertz CT molecular complexity index is 641. The van der Waals surface area contributed by atoms with E-state index in [9.17, 15) is 4.79 Å². The van der Waals surface area contributed by atoms with Crippen LogP contribution in [0.15, 0.2) is 4.79 Å². The molecule has 1 fully saturated rings. The van der Waals surface area contributed by atoms with Crippen molar-refractivity contribution in [2.24, 2.45) is 0 Å². The summed E-state index contributed by atoms with van der Waals surface area (Å²) in [5.74, 6) is 0. The molecule has 1 aliphatic rings. The summed E-state index contributed by atoms with van der Waals surface area (Å²) in [6.07, 6.45) is 0. The second-order valence-electron chi connectivity index (χ2n) is 4.35. The number of thiophene rings is 1. The average Bonchev–Trinajstić information content (AvgIpc) is 2.66. The molecule has 0 amide bonds. The molecular weight excluding hydrogens is 268 g/mol. The fourth-order valence-electron chi connectivity index (χ4n) is 2.06. The largest absolute Gasteiger partial charge is 0.378 e. The Morgan fingerprint density at radius 3 is 2.67 bits per heavy atom. The van der Waals surface area contributed by atoms with Crippen molar-refractivity contribution < 1.29 is 4.74 Å². The maximum absolute atomic E-state index is 12.2. The lowest BCUT2D eigenvalue weighted by Gasteiger charge is -2.26. The molecule has 2 aromatic rings. The quantitative estimate of drug-likeness (QED) is 0.804. The van der Waals surface area contributed by atoms with Crippen LogP contribution in [0.3, 0.4) is 0 Å². The van der Waals surface area contributed by atoms with Crippen molar-refractivity contribution in [2.45, 2.75) is 13.8 Å². The molecule has 0 atom stereocenters. The van der Waals surface area contributed by atoms with Gasteiger partial charge in [-0.1, -0.05) is 11.3 Å². The molecule has 1 aliphatic heterocycles. The number of hydrogen-bond donors (Lipinski definition) is 0. The van der Waals surface area contributed by atoms with Crippen molar-refractivity contribution in [1.82, 2.24) is 4.98 Å². The minimum atomic E-state index is 0.128. The lowest BCUT2D eigenvalue weighted by Crippen LogP contribution is -2.36. The maximum atomic E-state index is 12.2. The Balaban J connectivity index is 2.12. The van der Waals surface area contributed by atoms with E-state index in [0.717, 1.165) is 34.0 Å². The second kappa shape index (κ2) is 4.60. The van der Waals surface area contributed by atoms with Crippen LogP contribution in [0.5, 0.6) is 0 Å². The van der Waals surface area contributed by atoms with Crippen LogP contribution in [-0.2, 0) is 4.74 Å². The summed E-state index contributed by atoms with van der Waals surface area (Å²) in [6.45, 7) is 7.10.